The first kappa shape index (κ1) is 18.5. The molecular formula is C12H20BNO8P+. The molecule has 0 bridgehead atoms. The van der Waals surface area contributed by atoms with Crippen LogP contribution in [0.4, 0.5) is 0 Å². The van der Waals surface area contributed by atoms with Crippen molar-refractivity contribution in [2.24, 2.45) is 0 Å². The number of ether oxygens (including phenoxy) is 1. The van der Waals surface area contributed by atoms with Crippen molar-refractivity contribution in [1.29, 1.82) is 0 Å². The van der Waals surface area contributed by atoms with Gasteiger partial charge in [-0.1, -0.05) is 6.07 Å². The van der Waals surface area contributed by atoms with Crippen molar-refractivity contribution in [2.45, 2.75) is 24.9 Å². The zero-order chi connectivity index (χ0) is 17.0. The first-order valence-electron chi connectivity index (χ1n) is 6.94. The van der Waals surface area contributed by atoms with Crippen molar-refractivity contribution in [3.63, 3.8) is 0 Å². The van der Waals surface area contributed by atoms with Gasteiger partial charge >= 0.3 is 14.9 Å². The lowest BCUT2D eigenvalue weighted by atomic mass is 9.80. The van der Waals surface area contributed by atoms with Crippen LogP contribution in [-0.4, -0.2) is 55.0 Å². The van der Waals surface area contributed by atoms with Gasteiger partial charge in [0, 0.05) is 25.7 Å². The third-order valence-electron chi connectivity index (χ3n) is 3.49. The summed E-state index contributed by atoms with van der Waals surface area (Å²) < 4.78 is 32.9. The van der Waals surface area contributed by atoms with Gasteiger partial charge in [-0.3, -0.25) is 4.52 Å². The Morgan fingerprint density at radius 1 is 1.43 bits per heavy atom. The standard InChI is InChI=1S/C12H19BNO8P/c1-19-13(20-2)9-4-3-5-14(7-9)12-6-10(15)11(22-12)8-21-23(16,17)18/h3-5,7,10-12,15H,6,8H2,1-2H3,(H-,16,17,18)/p+1/t10-,11-,12-/m1/s1. The van der Waals surface area contributed by atoms with Gasteiger partial charge in [0.1, 0.15) is 6.10 Å². The highest BCUT2D eigenvalue weighted by Crippen LogP contribution is 2.37. The molecule has 0 unspecified atom stereocenters. The molecule has 1 saturated heterocycles. The van der Waals surface area contributed by atoms with Crippen LogP contribution < -0.4 is 10.0 Å². The van der Waals surface area contributed by atoms with E-state index in [2.05, 4.69) is 4.52 Å². The second kappa shape index (κ2) is 7.82. The maximum atomic E-state index is 10.7. The van der Waals surface area contributed by atoms with Crippen molar-refractivity contribution >= 4 is 20.4 Å². The molecule has 0 spiro atoms. The highest BCUT2D eigenvalue weighted by atomic mass is 31.2. The van der Waals surface area contributed by atoms with Crippen molar-refractivity contribution in [3.8, 4) is 0 Å². The zero-order valence-electron chi connectivity index (χ0n) is 12.8. The molecule has 3 N–H and O–H groups in total. The number of phosphoric ester groups is 1. The minimum Gasteiger partial charge on any atom is -0.410 e. The van der Waals surface area contributed by atoms with E-state index < -0.39 is 33.4 Å². The SMILES string of the molecule is COB(OC)c1ccc[n+]([C@H]2C[C@@H](O)[C@@H](COP(=O)(O)O)O2)c1. The molecule has 0 saturated carbocycles. The summed E-state index contributed by atoms with van der Waals surface area (Å²) in [6.45, 7) is -0.388. The van der Waals surface area contributed by atoms with Crippen molar-refractivity contribution in [1.82, 2.24) is 0 Å². The Bertz CT molecular complexity index is 566. The number of phosphoric acid groups is 1. The normalized spacial score (nSPS) is 24.8. The van der Waals surface area contributed by atoms with E-state index >= 15 is 0 Å². The van der Waals surface area contributed by atoms with E-state index in [1.165, 1.54) is 14.2 Å². The van der Waals surface area contributed by atoms with Crippen molar-refractivity contribution in [3.05, 3.63) is 24.5 Å². The fourth-order valence-corrected chi connectivity index (χ4v) is 2.76. The highest BCUT2D eigenvalue weighted by molar-refractivity contribution is 7.46. The highest BCUT2D eigenvalue weighted by Gasteiger charge is 2.40. The lowest BCUT2D eigenvalue weighted by Crippen LogP contribution is -2.46. The Balaban J connectivity index is 2.05. The molecule has 3 atom stereocenters. The summed E-state index contributed by atoms with van der Waals surface area (Å²) in [5.74, 6) is 0. The van der Waals surface area contributed by atoms with Gasteiger partial charge in [0.15, 0.2) is 12.4 Å². The summed E-state index contributed by atoms with van der Waals surface area (Å²) in [6, 6.07) is 3.61. The first-order chi connectivity index (χ1) is 10.8. The minimum absolute atomic E-state index is 0.272. The Hall–Kier alpha value is -0.835. The van der Waals surface area contributed by atoms with Crippen LogP contribution in [0, 0.1) is 0 Å². The molecule has 1 aromatic rings. The molecule has 1 fully saturated rings. The maximum absolute atomic E-state index is 10.7. The second-order valence-corrected chi connectivity index (χ2v) is 6.35. The van der Waals surface area contributed by atoms with Gasteiger partial charge in [-0.25, -0.2) is 4.57 Å². The number of rotatable bonds is 7. The lowest BCUT2D eigenvalue weighted by Gasteiger charge is -2.14. The van der Waals surface area contributed by atoms with Gasteiger partial charge in [-0.05, 0) is 0 Å². The maximum Gasteiger partial charge on any atom is 0.499 e. The average molecular weight is 348 g/mol. The molecule has 128 valence electrons. The molecule has 23 heavy (non-hydrogen) atoms. The van der Waals surface area contributed by atoms with E-state index in [0.29, 0.717) is 0 Å². The summed E-state index contributed by atoms with van der Waals surface area (Å²) in [7, 11) is -2.07. The number of aliphatic hydroxyl groups excluding tert-OH is 1. The number of aliphatic hydroxyl groups is 1. The molecule has 0 aromatic carbocycles. The van der Waals surface area contributed by atoms with Gasteiger partial charge in [-0.2, -0.15) is 4.57 Å². The molecular weight excluding hydrogens is 328 g/mol. The smallest absolute Gasteiger partial charge is 0.410 e. The molecule has 11 heteroatoms. The van der Waals surface area contributed by atoms with Crippen LogP contribution in [0.2, 0.25) is 0 Å². The van der Waals surface area contributed by atoms with Crippen LogP contribution in [0.15, 0.2) is 24.5 Å². The number of aromatic nitrogens is 1. The lowest BCUT2D eigenvalue weighted by molar-refractivity contribution is -0.758. The number of pyridine rings is 1. The average Bonchev–Trinajstić information content (AvgIpc) is 2.87. The molecule has 2 heterocycles. The van der Waals surface area contributed by atoms with Crippen LogP contribution in [0.25, 0.3) is 0 Å². The monoisotopic (exact) mass is 348 g/mol. The summed E-state index contributed by atoms with van der Waals surface area (Å²) >= 11 is 0. The van der Waals surface area contributed by atoms with E-state index in [0.717, 1.165) is 5.46 Å². The van der Waals surface area contributed by atoms with Crippen molar-refractivity contribution in [2.75, 3.05) is 20.8 Å². The largest absolute Gasteiger partial charge is 0.499 e. The van der Waals surface area contributed by atoms with E-state index in [9.17, 15) is 9.67 Å². The fraction of sp³-hybridized carbons (Fsp3) is 0.583. The molecule has 2 rings (SSSR count). The van der Waals surface area contributed by atoms with Gasteiger partial charge in [0.05, 0.1) is 19.1 Å². The van der Waals surface area contributed by atoms with Crippen LogP contribution >= 0.6 is 7.82 Å². The quantitative estimate of drug-likeness (QED) is 0.317. The second-order valence-electron chi connectivity index (χ2n) is 5.11. The molecule has 1 aliphatic rings. The summed E-state index contributed by atoms with van der Waals surface area (Å²) in [5.41, 5.74) is 0.769. The molecule has 0 radical (unpaired) electrons. The van der Waals surface area contributed by atoms with Crippen LogP contribution in [-0.2, 0) is 23.1 Å². The Kier molecular flexibility index (Phi) is 6.29. The molecule has 0 aliphatic carbocycles. The van der Waals surface area contributed by atoms with Crippen LogP contribution in [0.3, 0.4) is 0 Å². The zero-order valence-corrected chi connectivity index (χ0v) is 13.7. The topological polar surface area (TPSA) is 119 Å². The van der Waals surface area contributed by atoms with Crippen molar-refractivity contribution < 1.29 is 42.6 Å². The molecule has 1 aliphatic heterocycles. The Labute approximate surface area is 134 Å². The van der Waals surface area contributed by atoms with E-state index in [-0.39, 0.29) is 13.0 Å². The summed E-state index contributed by atoms with van der Waals surface area (Å²) in [6.07, 6.45) is 1.61. The summed E-state index contributed by atoms with van der Waals surface area (Å²) in [5, 5.41) is 9.97. The Morgan fingerprint density at radius 3 is 2.74 bits per heavy atom. The predicted molar refractivity (Wildman–Crippen MR) is 78.6 cm³/mol. The first-order valence-corrected chi connectivity index (χ1v) is 8.47. The van der Waals surface area contributed by atoms with E-state index in [4.69, 9.17) is 23.8 Å². The third kappa shape index (κ3) is 5.07. The van der Waals surface area contributed by atoms with Crippen LogP contribution in [0.1, 0.15) is 12.6 Å². The van der Waals surface area contributed by atoms with Gasteiger partial charge in [0.25, 0.3) is 6.23 Å². The molecule has 0 amide bonds. The van der Waals surface area contributed by atoms with E-state index in [1.54, 1.807) is 23.0 Å². The summed E-state index contributed by atoms with van der Waals surface area (Å²) in [4.78, 5) is 17.4. The molecule has 9 nitrogen and oxygen atoms in total. The number of hydrogen-bond donors (Lipinski definition) is 3. The molecule has 1 aromatic heterocycles. The van der Waals surface area contributed by atoms with Gasteiger partial charge in [0.2, 0.25) is 0 Å². The third-order valence-corrected chi connectivity index (χ3v) is 3.97. The number of nitrogens with zero attached hydrogens (tertiary/aromatic N) is 1. The Morgan fingerprint density at radius 2 is 2.13 bits per heavy atom. The van der Waals surface area contributed by atoms with E-state index in [1.807, 2.05) is 6.07 Å². The number of hydrogen-bond acceptors (Lipinski definition) is 6. The fourth-order valence-electron chi connectivity index (χ4n) is 2.42. The van der Waals surface area contributed by atoms with Gasteiger partial charge in [-0.15, -0.1) is 0 Å². The minimum atomic E-state index is -4.60. The predicted octanol–water partition coefficient (Wildman–Crippen LogP) is -1.28. The van der Waals surface area contributed by atoms with Gasteiger partial charge < -0.3 is 28.9 Å². The van der Waals surface area contributed by atoms with Crippen LogP contribution in [0.5, 0.6) is 0 Å².